The van der Waals surface area contributed by atoms with Gasteiger partial charge >= 0.3 is 6.18 Å². The third kappa shape index (κ3) is 3.96. The largest absolute Gasteiger partial charge is 0.416 e. The average Bonchev–Trinajstić information content (AvgIpc) is 3.47. The van der Waals surface area contributed by atoms with Crippen molar-refractivity contribution in [2.75, 3.05) is 31.1 Å². The van der Waals surface area contributed by atoms with E-state index in [0.717, 1.165) is 36.3 Å². The number of piperazine rings is 1. The summed E-state index contributed by atoms with van der Waals surface area (Å²) in [4.78, 5) is 4.26. The fourth-order valence-corrected chi connectivity index (χ4v) is 4.03. The minimum absolute atomic E-state index is 0.542. The van der Waals surface area contributed by atoms with Crippen molar-refractivity contribution in [3.63, 3.8) is 0 Å². The number of halogens is 3. The molecular formula is C19H24F3N5S. The zero-order valence-corrected chi connectivity index (χ0v) is 16.6. The topological polar surface area (TPSA) is 29.2 Å². The molecular weight excluding hydrogens is 387 g/mol. The van der Waals surface area contributed by atoms with Gasteiger partial charge in [-0.2, -0.15) is 18.3 Å². The standard InChI is InChI=1S/C19H24F3N5S/c1-2-26-17(14-6-7-14)23-27(18(26)28)13-24-8-10-25(11-9-24)16-5-3-4-15(12-16)19(20,21)22/h3-5,12,14H,2,6-11,13H2,1H3. The molecule has 2 heterocycles. The van der Waals surface area contributed by atoms with Gasteiger partial charge in [-0.05, 0) is 50.2 Å². The van der Waals surface area contributed by atoms with E-state index in [9.17, 15) is 13.2 Å². The van der Waals surface area contributed by atoms with Gasteiger partial charge in [0.1, 0.15) is 5.82 Å². The van der Waals surface area contributed by atoms with Crippen LogP contribution in [0.1, 0.15) is 37.1 Å². The number of hydrogen-bond donors (Lipinski definition) is 0. The van der Waals surface area contributed by atoms with Crippen LogP contribution in [0, 0.1) is 4.77 Å². The van der Waals surface area contributed by atoms with Crippen molar-refractivity contribution in [2.24, 2.45) is 0 Å². The van der Waals surface area contributed by atoms with Gasteiger partial charge in [-0.25, -0.2) is 4.68 Å². The van der Waals surface area contributed by atoms with Crippen molar-refractivity contribution in [2.45, 2.75) is 45.1 Å². The summed E-state index contributed by atoms with van der Waals surface area (Å²) in [7, 11) is 0. The lowest BCUT2D eigenvalue weighted by atomic mass is 10.1. The molecule has 28 heavy (non-hydrogen) atoms. The number of alkyl halides is 3. The Balaban J connectivity index is 1.41. The Bertz CT molecular complexity index is 892. The molecule has 1 aliphatic heterocycles. The van der Waals surface area contributed by atoms with E-state index < -0.39 is 11.7 Å². The molecule has 0 radical (unpaired) electrons. The summed E-state index contributed by atoms with van der Waals surface area (Å²) in [5, 5.41) is 4.75. The maximum atomic E-state index is 13.0. The van der Waals surface area contributed by atoms with Crippen molar-refractivity contribution in [1.82, 2.24) is 19.2 Å². The zero-order valence-electron chi connectivity index (χ0n) is 15.8. The summed E-state index contributed by atoms with van der Waals surface area (Å²) >= 11 is 5.60. The molecule has 0 spiro atoms. The van der Waals surface area contributed by atoms with Crippen molar-refractivity contribution >= 4 is 17.9 Å². The summed E-state index contributed by atoms with van der Waals surface area (Å²) in [5.74, 6) is 1.63. The third-order valence-electron chi connectivity index (χ3n) is 5.46. The number of nitrogens with zero attached hydrogens (tertiary/aromatic N) is 5. The Morgan fingerprint density at radius 2 is 1.86 bits per heavy atom. The first kappa shape index (κ1) is 19.4. The smallest absolute Gasteiger partial charge is 0.369 e. The molecule has 2 fully saturated rings. The van der Waals surface area contributed by atoms with E-state index in [0.29, 0.717) is 31.4 Å². The van der Waals surface area contributed by atoms with Gasteiger partial charge in [0.2, 0.25) is 0 Å². The molecule has 0 N–H and O–H groups in total. The Morgan fingerprint density at radius 3 is 2.46 bits per heavy atom. The second-order valence-electron chi connectivity index (χ2n) is 7.45. The molecule has 0 atom stereocenters. The van der Waals surface area contributed by atoms with E-state index >= 15 is 0 Å². The molecule has 9 heteroatoms. The molecule has 1 aromatic carbocycles. The van der Waals surface area contributed by atoms with Crippen LogP contribution in [-0.2, 0) is 19.4 Å². The average molecular weight is 411 g/mol. The van der Waals surface area contributed by atoms with Crippen LogP contribution >= 0.6 is 12.2 Å². The number of rotatable bonds is 5. The molecule has 0 bridgehead atoms. The van der Waals surface area contributed by atoms with E-state index in [1.807, 2.05) is 9.58 Å². The van der Waals surface area contributed by atoms with Gasteiger partial charge in [0.05, 0.1) is 12.2 Å². The normalized spacial score (nSPS) is 18.6. The van der Waals surface area contributed by atoms with Crippen molar-refractivity contribution in [3.8, 4) is 0 Å². The highest BCUT2D eigenvalue weighted by molar-refractivity contribution is 7.71. The third-order valence-corrected chi connectivity index (χ3v) is 5.89. The van der Waals surface area contributed by atoms with Crippen LogP contribution in [-0.4, -0.2) is 45.4 Å². The monoisotopic (exact) mass is 411 g/mol. The fourth-order valence-electron chi connectivity index (χ4n) is 3.71. The van der Waals surface area contributed by atoms with E-state index in [1.54, 1.807) is 6.07 Å². The summed E-state index contributed by atoms with van der Waals surface area (Å²) in [6, 6.07) is 5.56. The van der Waals surface area contributed by atoms with Crippen molar-refractivity contribution in [3.05, 3.63) is 40.4 Å². The highest BCUT2D eigenvalue weighted by Gasteiger charge is 2.32. The van der Waals surface area contributed by atoms with Crippen molar-refractivity contribution in [1.29, 1.82) is 0 Å². The molecule has 1 saturated carbocycles. The first-order valence-electron chi connectivity index (χ1n) is 9.69. The van der Waals surface area contributed by atoms with Crippen LogP contribution in [0.25, 0.3) is 0 Å². The fraction of sp³-hybridized carbons (Fsp3) is 0.579. The molecule has 4 rings (SSSR count). The Labute approximate surface area is 167 Å². The number of benzene rings is 1. The second kappa shape index (κ2) is 7.51. The lowest BCUT2D eigenvalue weighted by Gasteiger charge is -2.36. The van der Waals surface area contributed by atoms with Gasteiger partial charge < -0.3 is 9.47 Å². The van der Waals surface area contributed by atoms with Gasteiger partial charge in [0.15, 0.2) is 4.77 Å². The molecule has 2 aliphatic rings. The van der Waals surface area contributed by atoms with Crippen LogP contribution in [0.15, 0.2) is 24.3 Å². The van der Waals surface area contributed by atoms with Crippen LogP contribution in [0.5, 0.6) is 0 Å². The summed E-state index contributed by atoms with van der Waals surface area (Å²) in [5.41, 5.74) is 0.0220. The Morgan fingerprint density at radius 1 is 1.14 bits per heavy atom. The Hall–Kier alpha value is -1.87. The minimum Gasteiger partial charge on any atom is -0.369 e. The molecule has 0 unspecified atom stereocenters. The van der Waals surface area contributed by atoms with Gasteiger partial charge in [-0.15, -0.1) is 0 Å². The van der Waals surface area contributed by atoms with Crippen LogP contribution in [0.4, 0.5) is 18.9 Å². The van der Waals surface area contributed by atoms with Gasteiger partial charge in [0, 0.05) is 44.3 Å². The number of hydrogen-bond acceptors (Lipinski definition) is 4. The molecule has 0 amide bonds. The molecule has 1 saturated heterocycles. The first-order chi connectivity index (χ1) is 13.4. The van der Waals surface area contributed by atoms with Crippen LogP contribution in [0.2, 0.25) is 0 Å². The quantitative estimate of drug-likeness (QED) is 0.693. The molecule has 1 aliphatic carbocycles. The van der Waals surface area contributed by atoms with Gasteiger partial charge in [0.25, 0.3) is 0 Å². The Kier molecular flexibility index (Phi) is 5.22. The first-order valence-corrected chi connectivity index (χ1v) is 10.1. The van der Waals surface area contributed by atoms with Gasteiger partial charge in [-0.1, -0.05) is 6.07 Å². The van der Waals surface area contributed by atoms with Gasteiger partial charge in [-0.3, -0.25) is 4.90 Å². The predicted molar refractivity (Wildman–Crippen MR) is 104 cm³/mol. The minimum atomic E-state index is -4.31. The predicted octanol–water partition coefficient (Wildman–Crippen LogP) is 4.11. The lowest BCUT2D eigenvalue weighted by Crippen LogP contribution is -2.47. The van der Waals surface area contributed by atoms with Crippen molar-refractivity contribution < 1.29 is 13.2 Å². The lowest BCUT2D eigenvalue weighted by molar-refractivity contribution is -0.137. The van der Waals surface area contributed by atoms with E-state index in [-0.39, 0.29) is 0 Å². The molecule has 1 aromatic heterocycles. The zero-order chi connectivity index (χ0) is 19.9. The second-order valence-corrected chi connectivity index (χ2v) is 7.82. The number of anilines is 1. The SMILES string of the molecule is CCn1c(C2CC2)nn(CN2CCN(c3cccc(C(F)(F)F)c3)CC2)c1=S. The number of aromatic nitrogens is 3. The summed E-state index contributed by atoms with van der Waals surface area (Å²) in [6.45, 7) is 6.42. The highest BCUT2D eigenvalue weighted by Crippen LogP contribution is 2.39. The van der Waals surface area contributed by atoms with Crippen LogP contribution < -0.4 is 4.90 Å². The highest BCUT2D eigenvalue weighted by atomic mass is 32.1. The maximum Gasteiger partial charge on any atom is 0.416 e. The van der Waals surface area contributed by atoms with Crippen LogP contribution in [0.3, 0.4) is 0 Å². The summed E-state index contributed by atoms with van der Waals surface area (Å²) in [6.07, 6.45) is -1.95. The molecule has 152 valence electrons. The summed E-state index contributed by atoms with van der Waals surface area (Å²) < 4.78 is 43.6. The molecule has 2 aromatic rings. The molecule has 5 nitrogen and oxygen atoms in total. The van der Waals surface area contributed by atoms with E-state index in [4.69, 9.17) is 17.3 Å². The van der Waals surface area contributed by atoms with E-state index in [2.05, 4.69) is 16.4 Å². The van der Waals surface area contributed by atoms with E-state index in [1.165, 1.54) is 25.0 Å². The maximum absolute atomic E-state index is 13.0.